The number of benzene rings is 1. The number of carbonyl (C=O) groups excluding carboxylic acids is 1. The van der Waals surface area contributed by atoms with Gasteiger partial charge in [-0.15, -0.1) is 0 Å². The molecule has 3 aliphatic rings. The van der Waals surface area contributed by atoms with Crippen LogP contribution >= 0.6 is 0 Å². The van der Waals surface area contributed by atoms with Crippen LogP contribution in [0.25, 0.3) is 0 Å². The van der Waals surface area contributed by atoms with Gasteiger partial charge < -0.3 is 19.7 Å². The first-order valence-electron chi connectivity index (χ1n) is 9.46. The quantitative estimate of drug-likeness (QED) is 0.843. The maximum Gasteiger partial charge on any atom is 0.238 e. The van der Waals surface area contributed by atoms with Crippen molar-refractivity contribution in [3.8, 4) is 0 Å². The third-order valence-electron chi connectivity index (χ3n) is 5.55. The molecule has 3 saturated heterocycles. The molecule has 1 amide bonds. The van der Waals surface area contributed by atoms with Gasteiger partial charge in [0.05, 0.1) is 32.5 Å². The highest BCUT2D eigenvalue weighted by atomic mass is 16.5. The molecule has 0 radical (unpaired) electrons. The fourth-order valence-electron chi connectivity index (χ4n) is 4.04. The van der Waals surface area contributed by atoms with Gasteiger partial charge in [-0.1, -0.05) is 0 Å². The predicted molar refractivity (Wildman–Crippen MR) is 101 cm³/mol. The van der Waals surface area contributed by atoms with Crippen LogP contribution in [0.4, 0.5) is 11.4 Å². The molecule has 0 aromatic heterocycles. The average molecular weight is 360 g/mol. The second-order valence-corrected chi connectivity index (χ2v) is 7.35. The van der Waals surface area contributed by atoms with Crippen LogP contribution in [0.5, 0.6) is 0 Å². The Kier molecular flexibility index (Phi) is 5.40. The van der Waals surface area contributed by atoms with Gasteiger partial charge in [-0.05, 0) is 31.3 Å². The number of amides is 1. The number of fused-ring (bicyclic) bond motifs is 1. The van der Waals surface area contributed by atoms with Crippen molar-refractivity contribution in [2.45, 2.75) is 12.1 Å². The van der Waals surface area contributed by atoms with Gasteiger partial charge in [0.1, 0.15) is 0 Å². The fourth-order valence-corrected chi connectivity index (χ4v) is 4.04. The first-order valence-corrected chi connectivity index (χ1v) is 9.46. The molecule has 3 fully saturated rings. The lowest BCUT2D eigenvalue weighted by molar-refractivity contribution is -0.117. The normalized spacial score (nSPS) is 27.3. The van der Waals surface area contributed by atoms with Gasteiger partial charge in [-0.25, -0.2) is 0 Å². The molecule has 1 aromatic rings. The molecule has 0 spiro atoms. The van der Waals surface area contributed by atoms with Crippen LogP contribution < -0.4 is 10.2 Å². The number of hydrogen-bond acceptors (Lipinski definition) is 6. The standard InChI is InChI=1S/C19H28N4O3/c1-21-6-11-26-18-13-22(12-17(18)21)14-19(24)20-15-2-4-16(5-3-15)23-7-9-25-10-8-23/h2-5,17-18H,6-14H2,1H3,(H,20,24)/t17-,18-/m0/s1. The molecule has 0 saturated carbocycles. The Balaban J connectivity index is 1.28. The number of rotatable bonds is 4. The number of anilines is 2. The zero-order valence-corrected chi connectivity index (χ0v) is 15.4. The van der Waals surface area contributed by atoms with Gasteiger partial charge in [0.15, 0.2) is 0 Å². The number of carbonyl (C=O) groups is 1. The topological polar surface area (TPSA) is 57.3 Å². The van der Waals surface area contributed by atoms with Crippen LogP contribution in [0.2, 0.25) is 0 Å². The van der Waals surface area contributed by atoms with Crippen molar-refractivity contribution in [1.82, 2.24) is 9.80 Å². The minimum atomic E-state index is 0.0328. The number of likely N-dealkylation sites (tertiary alicyclic amines) is 1. The lowest BCUT2D eigenvalue weighted by Gasteiger charge is -2.33. The van der Waals surface area contributed by atoms with Crippen molar-refractivity contribution in [3.63, 3.8) is 0 Å². The van der Waals surface area contributed by atoms with Crippen LogP contribution in [-0.4, -0.2) is 94.0 Å². The molecule has 0 unspecified atom stereocenters. The van der Waals surface area contributed by atoms with E-state index in [2.05, 4.69) is 39.2 Å². The number of nitrogens with one attached hydrogen (secondary N) is 1. The first-order chi connectivity index (χ1) is 12.7. The predicted octanol–water partition coefficient (Wildman–Crippen LogP) is 0.477. The third kappa shape index (κ3) is 4.01. The second-order valence-electron chi connectivity index (χ2n) is 7.35. The van der Waals surface area contributed by atoms with Gasteiger partial charge in [-0.2, -0.15) is 0 Å². The second kappa shape index (κ2) is 7.92. The molecule has 1 N–H and O–H groups in total. The molecule has 7 heteroatoms. The van der Waals surface area contributed by atoms with Crippen LogP contribution in [0.1, 0.15) is 0 Å². The zero-order chi connectivity index (χ0) is 17.9. The van der Waals surface area contributed by atoms with Crippen molar-refractivity contribution in [1.29, 1.82) is 0 Å². The molecule has 0 bridgehead atoms. The highest BCUT2D eigenvalue weighted by molar-refractivity contribution is 5.92. The van der Waals surface area contributed by atoms with E-state index in [1.54, 1.807) is 0 Å². The van der Waals surface area contributed by atoms with E-state index in [0.29, 0.717) is 12.6 Å². The minimum absolute atomic E-state index is 0.0328. The Hall–Kier alpha value is -1.67. The summed E-state index contributed by atoms with van der Waals surface area (Å²) in [6, 6.07) is 8.49. The Labute approximate surface area is 154 Å². The Morgan fingerprint density at radius 1 is 1.12 bits per heavy atom. The van der Waals surface area contributed by atoms with E-state index >= 15 is 0 Å². The highest BCUT2D eigenvalue weighted by Gasteiger charge is 2.38. The summed E-state index contributed by atoms with van der Waals surface area (Å²) in [6.07, 6.45) is 0.231. The van der Waals surface area contributed by atoms with Crippen LogP contribution in [0.15, 0.2) is 24.3 Å². The van der Waals surface area contributed by atoms with E-state index in [-0.39, 0.29) is 12.0 Å². The molecule has 26 heavy (non-hydrogen) atoms. The lowest BCUT2D eigenvalue weighted by atomic mass is 10.1. The first kappa shape index (κ1) is 17.7. The van der Waals surface area contributed by atoms with Crippen molar-refractivity contribution >= 4 is 17.3 Å². The monoisotopic (exact) mass is 360 g/mol. The molecule has 7 nitrogen and oxygen atoms in total. The van der Waals surface area contributed by atoms with Crippen molar-refractivity contribution in [2.75, 3.05) is 76.4 Å². The highest BCUT2D eigenvalue weighted by Crippen LogP contribution is 2.22. The van der Waals surface area contributed by atoms with Gasteiger partial charge in [0.2, 0.25) is 5.91 Å². The number of morpholine rings is 2. The van der Waals surface area contributed by atoms with E-state index in [4.69, 9.17) is 9.47 Å². The molecule has 4 rings (SSSR count). The van der Waals surface area contributed by atoms with E-state index in [0.717, 1.165) is 58.2 Å². The summed E-state index contributed by atoms with van der Waals surface area (Å²) < 4.78 is 11.2. The summed E-state index contributed by atoms with van der Waals surface area (Å²) in [6.45, 7) is 7.27. The fraction of sp³-hybridized carbons (Fsp3) is 0.632. The molecule has 0 aliphatic carbocycles. The number of ether oxygens (including phenoxy) is 2. The average Bonchev–Trinajstić information content (AvgIpc) is 3.07. The van der Waals surface area contributed by atoms with E-state index < -0.39 is 0 Å². The lowest BCUT2D eigenvalue weighted by Crippen LogP contribution is -2.48. The summed E-state index contributed by atoms with van der Waals surface area (Å²) in [4.78, 5) is 19.2. The van der Waals surface area contributed by atoms with E-state index in [1.807, 2.05) is 12.1 Å². The van der Waals surface area contributed by atoms with Crippen molar-refractivity contribution < 1.29 is 14.3 Å². The molecular weight excluding hydrogens is 332 g/mol. The van der Waals surface area contributed by atoms with Crippen LogP contribution in [-0.2, 0) is 14.3 Å². The van der Waals surface area contributed by atoms with E-state index in [9.17, 15) is 4.79 Å². The van der Waals surface area contributed by atoms with Crippen LogP contribution in [0, 0.1) is 0 Å². The summed E-state index contributed by atoms with van der Waals surface area (Å²) in [5.41, 5.74) is 2.02. The molecule has 142 valence electrons. The van der Waals surface area contributed by atoms with Gasteiger partial charge in [0.25, 0.3) is 0 Å². The number of nitrogens with zero attached hydrogens (tertiary/aromatic N) is 3. The summed E-state index contributed by atoms with van der Waals surface area (Å²) >= 11 is 0. The molecule has 1 aromatic carbocycles. The largest absolute Gasteiger partial charge is 0.378 e. The SMILES string of the molecule is CN1CCO[C@H]2CN(CC(=O)Nc3ccc(N4CCOCC4)cc3)C[C@@H]21. The van der Waals surface area contributed by atoms with Crippen molar-refractivity contribution in [2.24, 2.45) is 0 Å². The van der Waals surface area contributed by atoms with Gasteiger partial charge in [0, 0.05) is 50.1 Å². The summed E-state index contributed by atoms with van der Waals surface area (Å²) in [7, 11) is 2.14. The van der Waals surface area contributed by atoms with E-state index in [1.165, 1.54) is 5.69 Å². The third-order valence-corrected chi connectivity index (χ3v) is 5.55. The minimum Gasteiger partial charge on any atom is -0.378 e. The molecule has 3 heterocycles. The van der Waals surface area contributed by atoms with Gasteiger partial charge >= 0.3 is 0 Å². The molecular formula is C19H28N4O3. The number of hydrogen-bond donors (Lipinski definition) is 1. The maximum absolute atomic E-state index is 12.4. The smallest absolute Gasteiger partial charge is 0.238 e. The van der Waals surface area contributed by atoms with Crippen LogP contribution in [0.3, 0.4) is 0 Å². The Bertz CT molecular complexity index is 618. The molecule has 2 atom stereocenters. The van der Waals surface area contributed by atoms with Crippen molar-refractivity contribution in [3.05, 3.63) is 24.3 Å². The number of likely N-dealkylation sites (N-methyl/N-ethyl adjacent to an activating group) is 1. The zero-order valence-electron chi connectivity index (χ0n) is 15.4. The summed E-state index contributed by atoms with van der Waals surface area (Å²) in [5.74, 6) is 0.0328. The maximum atomic E-state index is 12.4. The Morgan fingerprint density at radius 3 is 2.62 bits per heavy atom. The molecule has 3 aliphatic heterocycles. The summed E-state index contributed by atoms with van der Waals surface area (Å²) in [5, 5.41) is 3.01. The Morgan fingerprint density at radius 2 is 1.88 bits per heavy atom. The van der Waals surface area contributed by atoms with Gasteiger partial charge in [-0.3, -0.25) is 14.6 Å².